The first-order valence-corrected chi connectivity index (χ1v) is 5.06. The lowest BCUT2D eigenvalue weighted by Gasteiger charge is -2.09. The largest absolute Gasteiger partial charge is 0.417 e. The van der Waals surface area contributed by atoms with Crippen LogP contribution in [0.5, 0.6) is 0 Å². The number of carbonyl (C=O) groups is 1. The van der Waals surface area contributed by atoms with Crippen molar-refractivity contribution in [3.63, 3.8) is 0 Å². The number of rotatable bonds is 3. The van der Waals surface area contributed by atoms with Crippen LogP contribution < -0.4 is 11.1 Å². The van der Waals surface area contributed by atoms with Gasteiger partial charge in [-0.2, -0.15) is 0 Å². The second-order valence-corrected chi connectivity index (χ2v) is 3.59. The maximum Gasteiger partial charge on any atom is 0.417 e. The average molecular weight is 236 g/mol. The summed E-state index contributed by atoms with van der Waals surface area (Å²) < 4.78 is 9.74. The van der Waals surface area contributed by atoms with Gasteiger partial charge in [0, 0.05) is 12.8 Å². The van der Waals surface area contributed by atoms with Crippen LogP contribution in [0.1, 0.15) is 6.92 Å². The van der Waals surface area contributed by atoms with E-state index >= 15 is 0 Å². The van der Waals surface area contributed by atoms with Crippen LogP contribution in [0.25, 0.3) is 11.1 Å². The van der Waals surface area contributed by atoms with Gasteiger partial charge in [-0.25, -0.2) is 4.79 Å². The monoisotopic (exact) mass is 236 g/mol. The molecule has 1 heterocycles. The number of aromatic nitrogens is 1. The second-order valence-electron chi connectivity index (χ2n) is 3.59. The van der Waals surface area contributed by atoms with Crippen LogP contribution in [0.15, 0.2) is 27.4 Å². The van der Waals surface area contributed by atoms with Crippen molar-refractivity contribution >= 4 is 22.7 Å². The Bertz CT molecular complexity index is 599. The molecule has 1 aromatic carbocycles. The Hall–Kier alpha value is -2.08. The lowest BCUT2D eigenvalue weighted by molar-refractivity contribution is -0.124. The van der Waals surface area contributed by atoms with E-state index in [1.165, 1.54) is 7.11 Å². The summed E-state index contributed by atoms with van der Waals surface area (Å²) in [6.45, 7) is 1.65. The summed E-state index contributed by atoms with van der Waals surface area (Å²) in [6, 6.07) is 4.89. The summed E-state index contributed by atoms with van der Waals surface area (Å²) in [5, 5.41) is 2.67. The molecular weight excluding hydrogens is 224 g/mol. The SMILES string of the molecule is COC(C)C(=O)Nc1ccc2oc(=O)[nH]c2c1. The van der Waals surface area contributed by atoms with Crippen molar-refractivity contribution in [2.45, 2.75) is 13.0 Å². The molecule has 0 radical (unpaired) electrons. The highest BCUT2D eigenvalue weighted by Crippen LogP contribution is 2.16. The maximum absolute atomic E-state index is 11.6. The quantitative estimate of drug-likeness (QED) is 0.835. The van der Waals surface area contributed by atoms with Gasteiger partial charge in [-0.3, -0.25) is 9.78 Å². The van der Waals surface area contributed by atoms with E-state index in [4.69, 9.17) is 9.15 Å². The zero-order valence-electron chi connectivity index (χ0n) is 9.44. The smallest absolute Gasteiger partial charge is 0.408 e. The van der Waals surface area contributed by atoms with Gasteiger partial charge in [0.05, 0.1) is 5.52 Å². The zero-order chi connectivity index (χ0) is 12.4. The Morgan fingerprint density at radius 1 is 1.53 bits per heavy atom. The second kappa shape index (κ2) is 4.42. The Kier molecular flexibility index (Phi) is 2.97. The molecule has 6 heteroatoms. The fraction of sp³-hybridized carbons (Fsp3) is 0.273. The van der Waals surface area contributed by atoms with Gasteiger partial charge in [0.15, 0.2) is 5.58 Å². The highest BCUT2D eigenvalue weighted by Gasteiger charge is 2.12. The van der Waals surface area contributed by atoms with Crippen LogP contribution in [-0.4, -0.2) is 24.1 Å². The number of methoxy groups -OCH3 is 1. The number of H-pyrrole nitrogens is 1. The van der Waals surface area contributed by atoms with E-state index in [-0.39, 0.29) is 5.91 Å². The van der Waals surface area contributed by atoms with E-state index in [2.05, 4.69) is 10.3 Å². The summed E-state index contributed by atoms with van der Waals surface area (Å²) in [7, 11) is 1.46. The van der Waals surface area contributed by atoms with Crippen LogP contribution >= 0.6 is 0 Å². The standard InChI is InChI=1S/C11H12N2O4/c1-6(16-2)10(14)12-7-3-4-9-8(5-7)13-11(15)17-9/h3-6H,1-2H3,(H,12,14)(H,13,15). The molecule has 1 aromatic heterocycles. The molecule has 2 aromatic rings. The molecule has 0 bridgehead atoms. The van der Waals surface area contributed by atoms with Crippen molar-refractivity contribution in [2.24, 2.45) is 0 Å². The van der Waals surface area contributed by atoms with Crippen molar-refractivity contribution in [1.82, 2.24) is 4.98 Å². The third-order valence-corrected chi connectivity index (χ3v) is 2.41. The predicted octanol–water partition coefficient (Wildman–Crippen LogP) is 1.09. The first-order chi connectivity index (χ1) is 8.10. The molecule has 0 aliphatic rings. The highest BCUT2D eigenvalue weighted by molar-refractivity contribution is 5.95. The third-order valence-electron chi connectivity index (χ3n) is 2.41. The number of aromatic amines is 1. The molecule has 90 valence electrons. The van der Waals surface area contributed by atoms with E-state index < -0.39 is 11.9 Å². The highest BCUT2D eigenvalue weighted by atomic mass is 16.5. The van der Waals surface area contributed by atoms with Crippen LogP contribution in [0.2, 0.25) is 0 Å². The molecule has 17 heavy (non-hydrogen) atoms. The summed E-state index contributed by atoms with van der Waals surface area (Å²) in [4.78, 5) is 25.0. The maximum atomic E-state index is 11.6. The van der Waals surface area contributed by atoms with E-state index in [9.17, 15) is 9.59 Å². The number of nitrogens with one attached hydrogen (secondary N) is 2. The van der Waals surface area contributed by atoms with Gasteiger partial charge in [-0.1, -0.05) is 0 Å². The fourth-order valence-electron chi connectivity index (χ4n) is 1.38. The molecule has 1 amide bonds. The van der Waals surface area contributed by atoms with Crippen molar-refractivity contribution in [1.29, 1.82) is 0 Å². The number of anilines is 1. The van der Waals surface area contributed by atoms with Crippen molar-refractivity contribution in [2.75, 3.05) is 12.4 Å². The van der Waals surface area contributed by atoms with Gasteiger partial charge in [0.2, 0.25) is 0 Å². The number of oxazole rings is 1. The number of amides is 1. The van der Waals surface area contributed by atoms with Gasteiger partial charge >= 0.3 is 5.76 Å². The molecule has 2 rings (SSSR count). The minimum absolute atomic E-state index is 0.252. The number of carbonyl (C=O) groups excluding carboxylic acids is 1. The lowest BCUT2D eigenvalue weighted by Crippen LogP contribution is -2.26. The summed E-state index contributed by atoms with van der Waals surface area (Å²) in [6.07, 6.45) is -0.533. The van der Waals surface area contributed by atoms with E-state index in [0.717, 1.165) is 0 Å². The molecule has 0 saturated carbocycles. The van der Waals surface area contributed by atoms with E-state index in [1.807, 2.05) is 0 Å². The van der Waals surface area contributed by atoms with Gasteiger partial charge in [0.1, 0.15) is 6.10 Å². The molecule has 0 aliphatic heterocycles. The van der Waals surface area contributed by atoms with E-state index in [1.54, 1.807) is 25.1 Å². The summed E-state index contributed by atoms with van der Waals surface area (Å²) >= 11 is 0. The minimum Gasteiger partial charge on any atom is -0.408 e. The normalized spacial score (nSPS) is 12.6. The first-order valence-electron chi connectivity index (χ1n) is 5.06. The molecule has 2 N–H and O–H groups in total. The lowest BCUT2D eigenvalue weighted by atomic mass is 10.2. The molecule has 1 unspecified atom stereocenters. The molecule has 1 atom stereocenters. The summed E-state index contributed by atoms with van der Waals surface area (Å²) in [5.41, 5.74) is 1.56. The fourth-order valence-corrected chi connectivity index (χ4v) is 1.38. The van der Waals surface area contributed by atoms with Crippen LogP contribution in [-0.2, 0) is 9.53 Å². The van der Waals surface area contributed by atoms with Crippen molar-refractivity contribution in [3.8, 4) is 0 Å². The zero-order valence-corrected chi connectivity index (χ0v) is 9.44. The van der Waals surface area contributed by atoms with Crippen LogP contribution in [0.3, 0.4) is 0 Å². The molecule has 0 spiro atoms. The number of ether oxygens (including phenoxy) is 1. The first kappa shape index (κ1) is 11.4. The van der Waals surface area contributed by atoms with Crippen LogP contribution in [0.4, 0.5) is 5.69 Å². The summed E-state index contributed by atoms with van der Waals surface area (Å²) in [5.74, 6) is -0.772. The van der Waals surface area contributed by atoms with Gasteiger partial charge in [-0.15, -0.1) is 0 Å². The minimum atomic E-state index is -0.533. The molecule has 0 aliphatic carbocycles. The number of hydrogen-bond acceptors (Lipinski definition) is 4. The predicted molar refractivity (Wildman–Crippen MR) is 61.9 cm³/mol. The van der Waals surface area contributed by atoms with Gasteiger partial charge < -0.3 is 14.5 Å². The van der Waals surface area contributed by atoms with Gasteiger partial charge in [0.25, 0.3) is 5.91 Å². The topological polar surface area (TPSA) is 84.3 Å². The average Bonchev–Trinajstić information content (AvgIpc) is 2.67. The number of hydrogen-bond donors (Lipinski definition) is 2. The molecule has 0 saturated heterocycles. The van der Waals surface area contributed by atoms with Crippen molar-refractivity contribution < 1.29 is 13.9 Å². The molecule has 0 fully saturated rings. The van der Waals surface area contributed by atoms with Crippen LogP contribution in [0, 0.1) is 0 Å². The third kappa shape index (κ3) is 2.36. The van der Waals surface area contributed by atoms with Gasteiger partial charge in [-0.05, 0) is 25.1 Å². The molecular formula is C11H12N2O4. The molecule has 6 nitrogen and oxygen atoms in total. The number of fused-ring (bicyclic) bond motifs is 1. The number of benzene rings is 1. The van der Waals surface area contributed by atoms with Crippen molar-refractivity contribution in [3.05, 3.63) is 28.7 Å². The van der Waals surface area contributed by atoms with E-state index in [0.29, 0.717) is 16.8 Å². The Morgan fingerprint density at radius 2 is 2.29 bits per heavy atom. The Labute approximate surface area is 96.6 Å². The Balaban J connectivity index is 2.24. The Morgan fingerprint density at radius 3 is 3.00 bits per heavy atom.